The molecule has 0 aliphatic heterocycles. The van der Waals surface area contributed by atoms with Crippen LogP contribution in [0, 0.1) is 0 Å². The second-order valence-electron chi connectivity index (χ2n) is 4.67. The van der Waals surface area contributed by atoms with Crippen molar-refractivity contribution in [3.8, 4) is 0 Å². The smallest absolute Gasteiger partial charge is 1.00 e. The van der Waals surface area contributed by atoms with Crippen LogP contribution in [-0.4, -0.2) is 3.21 Å². The van der Waals surface area contributed by atoms with E-state index in [9.17, 15) is 0 Å². The molecule has 0 saturated heterocycles. The van der Waals surface area contributed by atoms with Gasteiger partial charge in [-0.05, 0) is 5.92 Å². The fourth-order valence-electron chi connectivity index (χ4n) is 2.10. The minimum absolute atomic E-state index is 0. The van der Waals surface area contributed by atoms with Crippen LogP contribution in [0.2, 0.25) is 0 Å². The molecule has 2 aromatic rings. The van der Waals surface area contributed by atoms with Gasteiger partial charge >= 0.3 is 41.3 Å². The van der Waals surface area contributed by atoms with Gasteiger partial charge in [-0.3, -0.25) is 0 Å². The van der Waals surface area contributed by atoms with Crippen LogP contribution in [0.3, 0.4) is 0 Å². The molecule has 0 fully saturated rings. The number of hydrogen-bond donors (Lipinski definition) is 0. The predicted molar refractivity (Wildman–Crippen MR) is 76.9 cm³/mol. The molecule has 0 N–H and O–H groups in total. The number of benzene rings is 1. The molecule has 0 spiro atoms. The predicted octanol–water partition coefficient (Wildman–Crippen LogP) is -1.48. The molecule has 0 aromatic heterocycles. The van der Waals surface area contributed by atoms with E-state index in [-0.39, 0.29) is 24.8 Å². The third kappa shape index (κ3) is 5.20. The van der Waals surface area contributed by atoms with E-state index in [4.69, 9.17) is 0 Å². The SMILES string of the molecule is C1=CC([c-]2ccc3ccccc32)C=C1.C[C](C)=[Zr+2].[Cl-].[Cl-]. The fourth-order valence-corrected chi connectivity index (χ4v) is 2.10. The summed E-state index contributed by atoms with van der Waals surface area (Å²) in [6.07, 6.45) is 8.71. The standard InChI is InChI=1S/C14H11.C3H6.2ClH.Zr/c1-2-6-11(5-1)14-10-9-12-7-3-4-8-13(12)14;1-3-2;;;/h1-11H;1-2H3;2*1H;/q-1;;;;+2/p-2. The van der Waals surface area contributed by atoms with E-state index in [2.05, 4.69) is 74.5 Å². The molecule has 0 bridgehead atoms. The van der Waals surface area contributed by atoms with E-state index < -0.39 is 0 Å². The van der Waals surface area contributed by atoms with Crippen LogP contribution in [0.1, 0.15) is 25.3 Å². The quantitative estimate of drug-likeness (QED) is 0.527. The van der Waals surface area contributed by atoms with Gasteiger partial charge in [-0.1, -0.05) is 30.4 Å². The van der Waals surface area contributed by atoms with Crippen molar-refractivity contribution in [1.29, 1.82) is 0 Å². The first-order valence-corrected chi connectivity index (χ1v) is 7.42. The summed E-state index contributed by atoms with van der Waals surface area (Å²) in [6, 6.07) is 13.0. The molecule has 3 rings (SSSR count). The second-order valence-corrected chi connectivity index (χ2v) is 7.13. The Morgan fingerprint density at radius 2 is 1.55 bits per heavy atom. The maximum atomic E-state index is 2.24. The first-order valence-electron chi connectivity index (χ1n) is 6.19. The largest absolute Gasteiger partial charge is 1.00 e. The molecular weight excluding hydrogens is 366 g/mol. The van der Waals surface area contributed by atoms with Crippen molar-refractivity contribution in [2.45, 2.75) is 19.8 Å². The molecule has 1 aliphatic rings. The van der Waals surface area contributed by atoms with Gasteiger partial charge in [-0.2, -0.15) is 6.07 Å². The van der Waals surface area contributed by atoms with Crippen LogP contribution >= 0.6 is 0 Å². The van der Waals surface area contributed by atoms with Crippen molar-refractivity contribution in [2.24, 2.45) is 0 Å². The molecule has 1 aliphatic carbocycles. The maximum absolute atomic E-state index is 2.24. The Hall–Kier alpha value is -0.357. The molecule has 0 radical (unpaired) electrons. The van der Waals surface area contributed by atoms with Gasteiger partial charge in [0.05, 0.1) is 0 Å². The zero-order valence-electron chi connectivity index (χ0n) is 11.6. The summed E-state index contributed by atoms with van der Waals surface area (Å²) in [5, 5.41) is 2.73. The van der Waals surface area contributed by atoms with Gasteiger partial charge in [0.15, 0.2) is 0 Å². The van der Waals surface area contributed by atoms with Crippen LogP contribution in [0.15, 0.2) is 60.7 Å². The average Bonchev–Trinajstić information content (AvgIpc) is 2.96. The molecule has 3 heteroatoms. The fraction of sp³-hybridized carbons (Fsp3) is 0.176. The summed E-state index contributed by atoms with van der Waals surface area (Å²) in [6.45, 7) is 4.25. The number of fused-ring (bicyclic) bond motifs is 1. The Morgan fingerprint density at radius 1 is 1.00 bits per heavy atom. The summed E-state index contributed by atoms with van der Waals surface area (Å²) >= 11 is 1.55. The molecule has 0 amide bonds. The van der Waals surface area contributed by atoms with Gasteiger partial charge in [0.1, 0.15) is 0 Å². The van der Waals surface area contributed by atoms with Crippen LogP contribution < -0.4 is 24.8 Å². The van der Waals surface area contributed by atoms with E-state index >= 15 is 0 Å². The molecule has 2 aromatic carbocycles. The Balaban J connectivity index is 0.000000542. The van der Waals surface area contributed by atoms with Crippen LogP contribution in [0.25, 0.3) is 10.8 Å². The number of halogens is 2. The van der Waals surface area contributed by atoms with Crippen molar-refractivity contribution in [2.75, 3.05) is 0 Å². The Bertz CT molecular complexity index is 592. The number of rotatable bonds is 1. The van der Waals surface area contributed by atoms with Gasteiger partial charge in [0, 0.05) is 0 Å². The second kappa shape index (κ2) is 9.56. The van der Waals surface area contributed by atoms with Crippen molar-refractivity contribution in [3.63, 3.8) is 0 Å². The summed E-state index contributed by atoms with van der Waals surface area (Å²) in [7, 11) is 0. The van der Waals surface area contributed by atoms with E-state index in [1.807, 2.05) is 0 Å². The first-order chi connectivity index (χ1) is 8.68. The number of hydrogen-bond acceptors (Lipinski definition) is 0. The molecule has 0 nitrogen and oxygen atoms in total. The molecule has 0 unspecified atom stereocenters. The third-order valence-corrected chi connectivity index (χ3v) is 2.82. The summed E-state index contributed by atoms with van der Waals surface area (Å²) in [4.78, 5) is 0. The van der Waals surface area contributed by atoms with Crippen molar-refractivity contribution in [3.05, 3.63) is 66.3 Å². The molecular formula is C17H17Cl2Zr-. The summed E-state index contributed by atoms with van der Waals surface area (Å²) in [5.41, 5.74) is 1.42. The summed E-state index contributed by atoms with van der Waals surface area (Å²) in [5.74, 6) is 0.481. The van der Waals surface area contributed by atoms with Crippen molar-refractivity contribution >= 4 is 14.0 Å². The maximum Gasteiger partial charge on any atom is -1.00 e. The molecule has 0 atom stereocenters. The van der Waals surface area contributed by atoms with Gasteiger partial charge in [-0.15, -0.1) is 40.6 Å². The Morgan fingerprint density at radius 3 is 2.15 bits per heavy atom. The molecule has 20 heavy (non-hydrogen) atoms. The summed E-state index contributed by atoms with van der Waals surface area (Å²) < 4.78 is 1.51. The van der Waals surface area contributed by atoms with E-state index in [1.165, 1.54) is 19.5 Å². The molecule has 0 heterocycles. The zero-order valence-corrected chi connectivity index (χ0v) is 15.6. The zero-order chi connectivity index (χ0) is 13.0. The third-order valence-electron chi connectivity index (χ3n) is 2.82. The minimum Gasteiger partial charge on any atom is -1.00 e. The van der Waals surface area contributed by atoms with Crippen LogP contribution in [-0.2, 0) is 24.2 Å². The van der Waals surface area contributed by atoms with E-state index in [0.29, 0.717) is 5.92 Å². The normalized spacial score (nSPS) is 12.4. The Labute approximate surface area is 148 Å². The topological polar surface area (TPSA) is 0 Å². The average molecular weight is 383 g/mol. The Kier molecular flexibility index (Phi) is 9.39. The molecule has 104 valence electrons. The van der Waals surface area contributed by atoms with Crippen molar-refractivity contribution < 1.29 is 49.0 Å². The van der Waals surface area contributed by atoms with Gasteiger partial charge in [-0.25, -0.2) is 0 Å². The van der Waals surface area contributed by atoms with Crippen LogP contribution in [0.4, 0.5) is 0 Å². The number of allylic oxidation sites excluding steroid dienone is 4. The van der Waals surface area contributed by atoms with Gasteiger partial charge in [0.25, 0.3) is 0 Å². The van der Waals surface area contributed by atoms with Crippen molar-refractivity contribution in [1.82, 2.24) is 0 Å². The van der Waals surface area contributed by atoms with Crippen LogP contribution in [0.5, 0.6) is 0 Å². The van der Waals surface area contributed by atoms with E-state index in [1.54, 1.807) is 24.2 Å². The van der Waals surface area contributed by atoms with E-state index in [0.717, 1.165) is 0 Å². The van der Waals surface area contributed by atoms with Gasteiger partial charge in [0.2, 0.25) is 0 Å². The van der Waals surface area contributed by atoms with Gasteiger partial charge < -0.3 is 24.8 Å². The molecule has 0 saturated carbocycles. The minimum atomic E-state index is 0. The first kappa shape index (κ1) is 19.6. The monoisotopic (exact) mass is 381 g/mol.